The van der Waals surface area contributed by atoms with Gasteiger partial charge in [0, 0.05) is 12.5 Å². The van der Waals surface area contributed by atoms with Gasteiger partial charge in [0.1, 0.15) is 0 Å². The average molecular weight is 309 g/mol. The quantitative estimate of drug-likeness (QED) is 0.246. The standard InChI is InChI=1S/C15H19NO6/c1-2-3-4-5-6-7-14(17)22-13-9-8-11(15(18)19)10-12(13)16(20)21/h8-10H,2-7H2,1H3,(H,18,19). The predicted molar refractivity (Wildman–Crippen MR) is 79.1 cm³/mol. The van der Waals surface area contributed by atoms with Crippen LogP contribution in [-0.4, -0.2) is 22.0 Å². The van der Waals surface area contributed by atoms with Crippen LogP contribution >= 0.6 is 0 Å². The smallest absolute Gasteiger partial charge is 0.335 e. The van der Waals surface area contributed by atoms with E-state index in [1.165, 1.54) is 6.07 Å². The molecule has 0 bridgehead atoms. The van der Waals surface area contributed by atoms with Crippen LogP contribution in [0.15, 0.2) is 18.2 Å². The third-order valence-corrected chi connectivity index (χ3v) is 3.11. The predicted octanol–water partition coefficient (Wildman–Crippen LogP) is 3.56. The maximum Gasteiger partial charge on any atom is 0.335 e. The van der Waals surface area contributed by atoms with E-state index in [1.807, 2.05) is 0 Å². The number of hydrogen-bond acceptors (Lipinski definition) is 5. The highest BCUT2D eigenvalue weighted by molar-refractivity contribution is 5.89. The van der Waals surface area contributed by atoms with Crippen molar-refractivity contribution in [3.63, 3.8) is 0 Å². The lowest BCUT2D eigenvalue weighted by molar-refractivity contribution is -0.385. The lowest BCUT2D eigenvalue weighted by Crippen LogP contribution is -2.09. The number of rotatable bonds is 9. The Bertz CT molecular complexity index is 555. The molecule has 7 nitrogen and oxygen atoms in total. The van der Waals surface area contributed by atoms with E-state index in [9.17, 15) is 19.7 Å². The molecule has 0 aliphatic carbocycles. The fraction of sp³-hybridized carbons (Fsp3) is 0.467. The number of carbonyl (C=O) groups excluding carboxylic acids is 1. The third kappa shape index (κ3) is 5.51. The number of nitro benzene ring substituents is 1. The molecule has 0 unspecified atom stereocenters. The van der Waals surface area contributed by atoms with E-state index in [-0.39, 0.29) is 17.7 Å². The number of carboxylic acid groups (broad SMARTS) is 1. The van der Waals surface area contributed by atoms with Crippen LogP contribution in [-0.2, 0) is 4.79 Å². The fourth-order valence-electron chi connectivity index (χ4n) is 1.93. The lowest BCUT2D eigenvalue weighted by atomic mass is 10.1. The van der Waals surface area contributed by atoms with E-state index in [0.717, 1.165) is 37.8 Å². The Labute approximate surface area is 128 Å². The second-order valence-electron chi connectivity index (χ2n) is 4.88. The Morgan fingerprint density at radius 3 is 2.50 bits per heavy atom. The maximum atomic E-state index is 11.7. The van der Waals surface area contributed by atoms with Crippen LogP contribution in [0.4, 0.5) is 5.69 Å². The van der Waals surface area contributed by atoms with Gasteiger partial charge in [-0.3, -0.25) is 14.9 Å². The molecule has 0 heterocycles. The molecule has 0 spiro atoms. The second kappa shape index (κ2) is 8.76. The number of benzene rings is 1. The van der Waals surface area contributed by atoms with E-state index in [2.05, 4.69) is 6.92 Å². The molecule has 7 heteroatoms. The maximum absolute atomic E-state index is 11.7. The van der Waals surface area contributed by atoms with Gasteiger partial charge in [-0.25, -0.2) is 4.79 Å². The summed E-state index contributed by atoms with van der Waals surface area (Å²) in [5.74, 6) is -2.06. The summed E-state index contributed by atoms with van der Waals surface area (Å²) in [7, 11) is 0. The average Bonchev–Trinajstić information content (AvgIpc) is 2.47. The normalized spacial score (nSPS) is 10.2. The Hall–Kier alpha value is -2.44. The van der Waals surface area contributed by atoms with Crippen LogP contribution in [0.1, 0.15) is 55.8 Å². The zero-order valence-electron chi connectivity index (χ0n) is 12.4. The van der Waals surface area contributed by atoms with Gasteiger partial charge in [-0.05, 0) is 18.6 Å². The number of esters is 1. The van der Waals surface area contributed by atoms with Crippen molar-refractivity contribution in [2.24, 2.45) is 0 Å². The monoisotopic (exact) mass is 309 g/mol. The highest BCUT2D eigenvalue weighted by atomic mass is 16.6. The first-order valence-corrected chi connectivity index (χ1v) is 7.18. The van der Waals surface area contributed by atoms with Crippen LogP contribution in [0.5, 0.6) is 5.75 Å². The van der Waals surface area contributed by atoms with Crippen LogP contribution in [0.2, 0.25) is 0 Å². The molecule has 0 saturated carbocycles. The lowest BCUT2D eigenvalue weighted by Gasteiger charge is -2.06. The Balaban J connectivity index is 2.66. The minimum Gasteiger partial charge on any atom is -0.478 e. The van der Waals surface area contributed by atoms with E-state index in [1.54, 1.807) is 0 Å². The first-order chi connectivity index (χ1) is 10.5. The molecule has 1 aromatic rings. The highest BCUT2D eigenvalue weighted by Gasteiger charge is 2.20. The number of nitrogens with zero attached hydrogens (tertiary/aromatic N) is 1. The van der Waals surface area contributed by atoms with Gasteiger partial charge in [0.2, 0.25) is 5.75 Å². The summed E-state index contributed by atoms with van der Waals surface area (Å²) in [6, 6.07) is 3.18. The Morgan fingerprint density at radius 1 is 1.23 bits per heavy atom. The van der Waals surface area contributed by atoms with Crippen LogP contribution < -0.4 is 4.74 Å². The van der Waals surface area contributed by atoms with Crippen molar-refractivity contribution in [2.45, 2.75) is 45.4 Å². The largest absolute Gasteiger partial charge is 0.478 e. The molecule has 0 aromatic heterocycles. The van der Waals surface area contributed by atoms with Gasteiger partial charge >= 0.3 is 17.6 Å². The Kier molecular flexibility index (Phi) is 7.01. The van der Waals surface area contributed by atoms with Gasteiger partial charge in [-0.15, -0.1) is 0 Å². The summed E-state index contributed by atoms with van der Waals surface area (Å²) >= 11 is 0. The van der Waals surface area contributed by atoms with Crippen molar-refractivity contribution in [1.82, 2.24) is 0 Å². The van der Waals surface area contributed by atoms with Crippen molar-refractivity contribution in [1.29, 1.82) is 0 Å². The summed E-state index contributed by atoms with van der Waals surface area (Å²) in [5.41, 5.74) is -0.759. The SMILES string of the molecule is CCCCCCCC(=O)Oc1ccc(C(=O)O)cc1[N+](=O)[O-]. The highest BCUT2D eigenvalue weighted by Crippen LogP contribution is 2.28. The van der Waals surface area contributed by atoms with Crippen LogP contribution in [0.25, 0.3) is 0 Å². The van der Waals surface area contributed by atoms with Crippen molar-refractivity contribution in [2.75, 3.05) is 0 Å². The van der Waals surface area contributed by atoms with Gasteiger partial charge in [0.15, 0.2) is 0 Å². The topological polar surface area (TPSA) is 107 Å². The fourth-order valence-corrected chi connectivity index (χ4v) is 1.93. The van der Waals surface area contributed by atoms with E-state index in [0.29, 0.717) is 6.42 Å². The summed E-state index contributed by atoms with van der Waals surface area (Å²) in [6.07, 6.45) is 5.01. The van der Waals surface area contributed by atoms with Crippen molar-refractivity contribution >= 4 is 17.6 Å². The number of ether oxygens (including phenoxy) is 1. The molecule has 1 aromatic carbocycles. The minimum atomic E-state index is -1.28. The summed E-state index contributed by atoms with van der Waals surface area (Å²) < 4.78 is 4.97. The van der Waals surface area contributed by atoms with E-state index >= 15 is 0 Å². The summed E-state index contributed by atoms with van der Waals surface area (Å²) in [5, 5.41) is 19.8. The van der Waals surface area contributed by atoms with Gasteiger partial charge in [-0.1, -0.05) is 32.6 Å². The molecule has 0 aliphatic heterocycles. The molecule has 120 valence electrons. The van der Waals surface area contributed by atoms with Gasteiger partial charge < -0.3 is 9.84 Å². The Morgan fingerprint density at radius 2 is 1.91 bits per heavy atom. The number of carbonyl (C=O) groups is 2. The second-order valence-corrected chi connectivity index (χ2v) is 4.88. The number of unbranched alkanes of at least 4 members (excludes halogenated alkanes) is 4. The van der Waals surface area contributed by atoms with Crippen molar-refractivity contribution in [3.05, 3.63) is 33.9 Å². The molecule has 0 aliphatic rings. The molecule has 1 rings (SSSR count). The van der Waals surface area contributed by atoms with Gasteiger partial charge in [-0.2, -0.15) is 0 Å². The molecule has 0 saturated heterocycles. The van der Waals surface area contributed by atoms with Crippen LogP contribution in [0, 0.1) is 10.1 Å². The third-order valence-electron chi connectivity index (χ3n) is 3.11. The number of aromatic carboxylic acids is 1. The summed E-state index contributed by atoms with van der Waals surface area (Å²) in [4.78, 5) is 32.6. The molecule has 0 amide bonds. The van der Waals surface area contributed by atoms with E-state index < -0.39 is 22.5 Å². The first-order valence-electron chi connectivity index (χ1n) is 7.18. The molecule has 1 N–H and O–H groups in total. The molecule has 22 heavy (non-hydrogen) atoms. The molecular weight excluding hydrogens is 290 g/mol. The molecule has 0 fully saturated rings. The summed E-state index contributed by atoms with van der Waals surface area (Å²) in [6.45, 7) is 2.09. The minimum absolute atomic E-state index is 0.182. The van der Waals surface area contributed by atoms with E-state index in [4.69, 9.17) is 9.84 Å². The zero-order valence-corrected chi connectivity index (χ0v) is 12.4. The van der Waals surface area contributed by atoms with Crippen LogP contribution in [0.3, 0.4) is 0 Å². The number of hydrogen-bond donors (Lipinski definition) is 1. The molecule has 0 radical (unpaired) electrons. The zero-order chi connectivity index (χ0) is 16.5. The molecule has 0 atom stereocenters. The van der Waals surface area contributed by atoms with Gasteiger partial charge in [0.25, 0.3) is 0 Å². The first kappa shape index (κ1) is 17.6. The number of nitro groups is 1. The molecular formula is C15H19NO6. The van der Waals surface area contributed by atoms with Crippen molar-refractivity contribution < 1.29 is 24.4 Å². The van der Waals surface area contributed by atoms with Crippen molar-refractivity contribution in [3.8, 4) is 5.75 Å². The van der Waals surface area contributed by atoms with Gasteiger partial charge in [0.05, 0.1) is 10.5 Å². The number of carboxylic acids is 1.